The number of ketones is 1. The van der Waals surface area contributed by atoms with Gasteiger partial charge in [0.25, 0.3) is 5.78 Å². The molecule has 10 nitrogen and oxygen atoms in total. The van der Waals surface area contributed by atoms with Crippen LogP contribution in [0.4, 0.5) is 0 Å². The first-order chi connectivity index (χ1) is 15.5. The first-order valence-corrected chi connectivity index (χ1v) is 12.5. The Kier molecular flexibility index (Phi) is 7.53. The van der Waals surface area contributed by atoms with Gasteiger partial charge in [0.2, 0.25) is 21.8 Å². The molecule has 0 bridgehead atoms. The van der Waals surface area contributed by atoms with Crippen LogP contribution in [0.2, 0.25) is 0 Å². The van der Waals surface area contributed by atoms with E-state index in [1.807, 2.05) is 0 Å². The number of carboxylic acid groups (broad SMARTS) is 1. The van der Waals surface area contributed by atoms with Crippen molar-refractivity contribution in [3.63, 3.8) is 0 Å². The largest absolute Gasteiger partial charge is 0.475 e. The van der Waals surface area contributed by atoms with Crippen LogP contribution in [0, 0.1) is 5.92 Å². The Morgan fingerprint density at radius 3 is 2.42 bits per heavy atom. The van der Waals surface area contributed by atoms with Crippen LogP contribution in [-0.2, 0) is 35.0 Å². The highest BCUT2D eigenvalue weighted by atomic mass is 32.2. The smallest absolute Gasteiger partial charge is 0.374 e. The lowest BCUT2D eigenvalue weighted by Gasteiger charge is -2.38. The van der Waals surface area contributed by atoms with Gasteiger partial charge in [-0.1, -0.05) is 44.2 Å². The summed E-state index contributed by atoms with van der Waals surface area (Å²) >= 11 is 0. The highest BCUT2D eigenvalue weighted by Crippen LogP contribution is 2.30. The molecule has 0 radical (unpaired) electrons. The second kappa shape index (κ2) is 10.0. The summed E-state index contributed by atoms with van der Waals surface area (Å²) in [5.74, 6) is -4.05. The number of carboxylic acids is 1. The van der Waals surface area contributed by atoms with Gasteiger partial charge in [0.15, 0.2) is 0 Å². The molecule has 3 rings (SSSR count). The van der Waals surface area contributed by atoms with Gasteiger partial charge in [0.05, 0.1) is 18.3 Å². The number of aliphatic carboxylic acids is 1. The van der Waals surface area contributed by atoms with Gasteiger partial charge >= 0.3 is 5.97 Å². The highest BCUT2D eigenvalue weighted by molar-refractivity contribution is 7.88. The van der Waals surface area contributed by atoms with E-state index in [9.17, 15) is 27.6 Å². The third kappa shape index (κ3) is 5.77. The van der Waals surface area contributed by atoms with Crippen molar-refractivity contribution in [2.24, 2.45) is 5.92 Å². The summed E-state index contributed by atoms with van der Waals surface area (Å²) in [5, 5.41) is 11.6. The molecular weight excluding hydrogens is 450 g/mol. The zero-order valence-electron chi connectivity index (χ0n) is 18.6. The van der Waals surface area contributed by atoms with Crippen LogP contribution in [0.3, 0.4) is 0 Å². The lowest BCUT2D eigenvalue weighted by molar-refractivity contribution is -0.151. The van der Waals surface area contributed by atoms with E-state index in [4.69, 9.17) is 5.11 Å². The summed E-state index contributed by atoms with van der Waals surface area (Å²) in [4.78, 5) is 50.3. The predicted octanol–water partition coefficient (Wildman–Crippen LogP) is 0.376. The number of nitrogens with zero attached hydrogens (tertiary/aromatic N) is 2. The van der Waals surface area contributed by atoms with Crippen molar-refractivity contribution in [1.29, 1.82) is 0 Å². The molecule has 0 spiro atoms. The Balaban J connectivity index is 1.69. The fourth-order valence-electron chi connectivity index (χ4n) is 4.44. The van der Waals surface area contributed by atoms with Crippen molar-refractivity contribution in [2.45, 2.75) is 57.0 Å². The first kappa shape index (κ1) is 24.8. The summed E-state index contributed by atoms with van der Waals surface area (Å²) in [7, 11) is -3.72. The molecule has 1 aromatic rings. The number of piperazine rings is 1. The Labute approximate surface area is 193 Å². The number of sulfonamides is 1. The van der Waals surface area contributed by atoms with Crippen molar-refractivity contribution in [1.82, 2.24) is 14.5 Å². The summed E-state index contributed by atoms with van der Waals surface area (Å²) in [5.41, 5.74) is 0.621. The Bertz CT molecular complexity index is 1030. The van der Waals surface area contributed by atoms with Gasteiger partial charge in [0, 0.05) is 12.6 Å². The van der Waals surface area contributed by atoms with Crippen LogP contribution in [0.25, 0.3) is 0 Å². The van der Waals surface area contributed by atoms with E-state index in [1.165, 1.54) is 9.21 Å². The average molecular weight is 480 g/mol. The number of Topliss-reactive ketones (excluding diaryl/α,β-unsaturated/α-hetero) is 1. The summed E-state index contributed by atoms with van der Waals surface area (Å²) in [6.45, 7) is 3.34. The van der Waals surface area contributed by atoms with Crippen LogP contribution in [0.5, 0.6) is 0 Å². The summed E-state index contributed by atoms with van der Waals surface area (Å²) in [6.07, 6.45) is 0.903. The third-order valence-corrected chi connectivity index (χ3v) is 7.72. The molecule has 0 aliphatic carbocycles. The minimum Gasteiger partial charge on any atom is -0.475 e. The number of hydrogen-bond acceptors (Lipinski definition) is 6. The molecule has 3 atom stereocenters. The number of rotatable bonds is 9. The van der Waals surface area contributed by atoms with Crippen LogP contribution >= 0.6 is 0 Å². The molecule has 1 unspecified atom stereocenters. The second-order valence-electron chi connectivity index (χ2n) is 8.94. The van der Waals surface area contributed by atoms with E-state index in [0.29, 0.717) is 18.4 Å². The number of fused-ring (bicyclic) bond motifs is 1. The molecule has 2 aliphatic heterocycles. The lowest BCUT2D eigenvalue weighted by atomic mass is 9.99. The standard InChI is InChI=1S/C22H29N3O7S/c1-14(2)10-17(20(27)22(29)30)23-21(28)18-9-8-16-11-24(12-19(26)25(16)18)33(31,32)13-15-6-4-3-5-7-15/h3-7,14,16-18H,8-13H2,1-2H3,(H,23,28)(H,29,30)/t16-,17?,18-/m0/s1. The Hall–Kier alpha value is -2.79. The molecule has 2 N–H and O–H groups in total. The molecule has 11 heteroatoms. The molecule has 180 valence electrons. The summed E-state index contributed by atoms with van der Waals surface area (Å²) < 4.78 is 26.9. The van der Waals surface area contributed by atoms with E-state index in [1.54, 1.807) is 44.2 Å². The zero-order chi connectivity index (χ0) is 24.3. The lowest BCUT2D eigenvalue weighted by Crippen LogP contribution is -2.60. The maximum absolute atomic E-state index is 12.9. The molecule has 2 fully saturated rings. The maximum Gasteiger partial charge on any atom is 0.374 e. The van der Waals surface area contributed by atoms with E-state index in [-0.39, 0.29) is 31.2 Å². The molecule has 1 aromatic carbocycles. The molecule has 2 saturated heterocycles. The normalized spacial score (nSPS) is 22.2. The quantitative estimate of drug-likeness (QED) is 0.488. The van der Waals surface area contributed by atoms with Crippen molar-refractivity contribution < 1.29 is 32.7 Å². The van der Waals surface area contributed by atoms with Crippen LogP contribution in [0.1, 0.15) is 38.7 Å². The van der Waals surface area contributed by atoms with Gasteiger partial charge in [-0.3, -0.25) is 14.4 Å². The topological polar surface area (TPSA) is 141 Å². The molecular formula is C22H29N3O7S. The second-order valence-corrected chi connectivity index (χ2v) is 10.9. The van der Waals surface area contributed by atoms with Gasteiger partial charge in [-0.15, -0.1) is 0 Å². The maximum atomic E-state index is 12.9. The molecule has 0 aromatic heterocycles. The van der Waals surface area contributed by atoms with E-state index < -0.39 is 51.7 Å². The van der Waals surface area contributed by atoms with Gasteiger partial charge in [-0.25, -0.2) is 13.2 Å². The molecule has 2 heterocycles. The van der Waals surface area contributed by atoms with Gasteiger partial charge in [-0.05, 0) is 30.7 Å². The van der Waals surface area contributed by atoms with Crippen molar-refractivity contribution in [3.8, 4) is 0 Å². The summed E-state index contributed by atoms with van der Waals surface area (Å²) in [6, 6.07) is 6.19. The minimum atomic E-state index is -3.72. The fourth-order valence-corrected chi connectivity index (χ4v) is 5.94. The number of carbonyl (C=O) groups excluding carboxylic acids is 3. The zero-order valence-corrected chi connectivity index (χ0v) is 19.5. The third-order valence-electron chi connectivity index (χ3n) is 5.96. The molecule has 33 heavy (non-hydrogen) atoms. The van der Waals surface area contributed by atoms with Gasteiger partial charge in [-0.2, -0.15) is 4.31 Å². The van der Waals surface area contributed by atoms with Crippen LogP contribution < -0.4 is 5.32 Å². The average Bonchev–Trinajstić information content (AvgIpc) is 3.17. The van der Waals surface area contributed by atoms with Crippen molar-refractivity contribution >= 4 is 33.6 Å². The molecule has 2 aliphatic rings. The molecule has 2 amide bonds. The number of benzene rings is 1. The number of nitrogens with one attached hydrogen (secondary N) is 1. The van der Waals surface area contributed by atoms with E-state index >= 15 is 0 Å². The van der Waals surface area contributed by atoms with Gasteiger partial charge in [0.1, 0.15) is 6.04 Å². The minimum absolute atomic E-state index is 0.0325. The number of carbonyl (C=O) groups is 4. The Morgan fingerprint density at radius 1 is 1.15 bits per heavy atom. The molecule has 0 saturated carbocycles. The van der Waals surface area contributed by atoms with Crippen LogP contribution in [-0.4, -0.2) is 77.5 Å². The number of hydrogen-bond donors (Lipinski definition) is 2. The first-order valence-electron chi connectivity index (χ1n) is 10.9. The predicted molar refractivity (Wildman–Crippen MR) is 118 cm³/mol. The fraction of sp³-hybridized carbons (Fsp3) is 0.545. The highest BCUT2D eigenvalue weighted by Gasteiger charge is 2.47. The van der Waals surface area contributed by atoms with Crippen molar-refractivity contribution in [3.05, 3.63) is 35.9 Å². The van der Waals surface area contributed by atoms with Gasteiger partial charge < -0.3 is 15.3 Å². The van der Waals surface area contributed by atoms with Crippen LogP contribution in [0.15, 0.2) is 30.3 Å². The monoisotopic (exact) mass is 479 g/mol. The van der Waals surface area contributed by atoms with Crippen molar-refractivity contribution in [2.75, 3.05) is 13.1 Å². The van der Waals surface area contributed by atoms with E-state index in [0.717, 1.165) is 0 Å². The SMILES string of the molecule is CC(C)CC(NC(=O)[C@@H]1CC[C@H]2CN(S(=O)(=O)Cc3ccccc3)CC(=O)N21)C(=O)C(=O)O. The Morgan fingerprint density at radius 2 is 1.82 bits per heavy atom. The van der Waals surface area contributed by atoms with E-state index in [2.05, 4.69) is 5.32 Å². The number of amides is 2.